The van der Waals surface area contributed by atoms with Crippen LogP contribution in [0.2, 0.25) is 5.02 Å². The summed E-state index contributed by atoms with van der Waals surface area (Å²) in [4.78, 5) is 35.4. The van der Waals surface area contributed by atoms with E-state index in [4.69, 9.17) is 11.6 Å². The first-order valence-corrected chi connectivity index (χ1v) is 7.11. The number of imidazole rings is 1. The number of halogens is 1. The molecular formula is C14H15ClN4O2. The van der Waals surface area contributed by atoms with Crippen molar-refractivity contribution in [3.63, 3.8) is 0 Å². The van der Waals surface area contributed by atoms with Crippen molar-refractivity contribution in [2.75, 3.05) is 13.1 Å². The van der Waals surface area contributed by atoms with Crippen molar-refractivity contribution in [2.24, 2.45) is 0 Å². The van der Waals surface area contributed by atoms with Gasteiger partial charge in [0, 0.05) is 37.1 Å². The van der Waals surface area contributed by atoms with Gasteiger partial charge in [-0.3, -0.25) is 9.59 Å². The topological polar surface area (TPSA) is 81.8 Å². The van der Waals surface area contributed by atoms with Gasteiger partial charge in [-0.15, -0.1) is 0 Å². The molecule has 0 saturated carbocycles. The third kappa shape index (κ3) is 2.71. The lowest BCUT2D eigenvalue weighted by Crippen LogP contribution is -2.29. The molecule has 6 nitrogen and oxygen atoms in total. The third-order valence-electron chi connectivity index (χ3n) is 3.69. The minimum atomic E-state index is -0.390. The highest BCUT2D eigenvalue weighted by Gasteiger charge is 2.29. The second-order valence-corrected chi connectivity index (χ2v) is 5.66. The molecule has 2 aromatic heterocycles. The summed E-state index contributed by atoms with van der Waals surface area (Å²) in [5.41, 5.74) is 1.02. The van der Waals surface area contributed by atoms with Crippen molar-refractivity contribution in [2.45, 2.75) is 19.3 Å². The van der Waals surface area contributed by atoms with E-state index in [0.29, 0.717) is 18.7 Å². The quantitative estimate of drug-likeness (QED) is 0.886. The molecule has 0 aromatic carbocycles. The van der Waals surface area contributed by atoms with Crippen molar-refractivity contribution in [3.8, 4) is 0 Å². The van der Waals surface area contributed by atoms with E-state index >= 15 is 0 Å². The van der Waals surface area contributed by atoms with Crippen LogP contribution < -0.4 is 5.56 Å². The fourth-order valence-electron chi connectivity index (χ4n) is 2.57. The lowest BCUT2D eigenvalue weighted by Gasteiger charge is -2.16. The highest BCUT2D eigenvalue weighted by molar-refractivity contribution is 6.30. The van der Waals surface area contributed by atoms with Crippen molar-refractivity contribution < 1.29 is 4.79 Å². The molecule has 0 bridgehead atoms. The molecule has 0 radical (unpaired) electrons. The summed E-state index contributed by atoms with van der Waals surface area (Å²) in [5, 5.41) is 0.0262. The zero-order valence-electron chi connectivity index (χ0n) is 11.5. The number of hydrogen-bond donors (Lipinski definition) is 2. The van der Waals surface area contributed by atoms with Crippen LogP contribution in [0.5, 0.6) is 0 Å². The first kappa shape index (κ1) is 13.9. The van der Waals surface area contributed by atoms with Crippen LogP contribution in [0.1, 0.15) is 34.2 Å². The van der Waals surface area contributed by atoms with E-state index < -0.39 is 5.56 Å². The Kier molecular flexibility index (Phi) is 3.55. The van der Waals surface area contributed by atoms with Gasteiger partial charge in [0.2, 0.25) is 0 Å². The van der Waals surface area contributed by atoms with Crippen LogP contribution in [-0.4, -0.2) is 38.8 Å². The average Bonchev–Trinajstić information content (AvgIpc) is 3.09. The highest BCUT2D eigenvalue weighted by Crippen LogP contribution is 2.26. The first-order valence-electron chi connectivity index (χ1n) is 6.73. The Morgan fingerprint density at radius 3 is 3.00 bits per heavy atom. The number of carbonyl (C=O) groups excluding carboxylic acids is 1. The smallest absolute Gasteiger partial charge is 0.266 e. The molecule has 2 N–H and O–H groups in total. The maximum absolute atomic E-state index is 12.4. The van der Waals surface area contributed by atoms with Crippen molar-refractivity contribution in [3.05, 3.63) is 50.9 Å². The van der Waals surface area contributed by atoms with E-state index in [2.05, 4.69) is 15.0 Å². The van der Waals surface area contributed by atoms with E-state index in [0.717, 1.165) is 17.9 Å². The van der Waals surface area contributed by atoms with Gasteiger partial charge in [-0.1, -0.05) is 11.6 Å². The van der Waals surface area contributed by atoms with Crippen molar-refractivity contribution in [1.82, 2.24) is 19.9 Å². The van der Waals surface area contributed by atoms with E-state index in [1.807, 2.05) is 6.92 Å². The monoisotopic (exact) mass is 306 g/mol. The standard InChI is InChI=1S/C14H15ClN4O2/c1-8-5-16-12(18-8)9-2-3-19(7-9)14(21)10-4-11(15)13(20)17-6-10/h4-6,9H,2-3,7H2,1H3,(H,16,18)(H,17,20)/t9-/m1/s1. The fourth-order valence-corrected chi connectivity index (χ4v) is 2.74. The van der Waals surface area contributed by atoms with Crippen molar-refractivity contribution in [1.29, 1.82) is 0 Å². The molecule has 3 rings (SSSR count). The molecule has 1 saturated heterocycles. The molecule has 0 unspecified atom stereocenters. The van der Waals surface area contributed by atoms with E-state index in [-0.39, 0.29) is 16.8 Å². The highest BCUT2D eigenvalue weighted by atomic mass is 35.5. The number of H-pyrrole nitrogens is 2. The number of aryl methyl sites for hydroxylation is 1. The van der Waals surface area contributed by atoms with Gasteiger partial charge in [-0.25, -0.2) is 4.98 Å². The van der Waals surface area contributed by atoms with Gasteiger partial charge in [-0.05, 0) is 19.4 Å². The average molecular weight is 307 g/mol. The molecule has 3 heterocycles. The van der Waals surface area contributed by atoms with Gasteiger partial charge in [0.25, 0.3) is 11.5 Å². The van der Waals surface area contributed by atoms with Gasteiger partial charge in [-0.2, -0.15) is 0 Å². The van der Waals surface area contributed by atoms with Crippen LogP contribution in [-0.2, 0) is 0 Å². The Bertz CT molecular complexity index is 737. The molecule has 0 aliphatic carbocycles. The molecule has 7 heteroatoms. The Hall–Kier alpha value is -2.08. The zero-order valence-corrected chi connectivity index (χ0v) is 12.3. The number of nitrogens with zero attached hydrogens (tertiary/aromatic N) is 2. The Morgan fingerprint density at radius 1 is 1.52 bits per heavy atom. The maximum atomic E-state index is 12.4. The summed E-state index contributed by atoms with van der Waals surface area (Å²) in [7, 11) is 0. The number of pyridine rings is 1. The number of carbonyl (C=O) groups is 1. The summed E-state index contributed by atoms with van der Waals surface area (Å²) in [6.07, 6.45) is 4.07. The number of nitrogens with one attached hydrogen (secondary N) is 2. The van der Waals surface area contributed by atoms with Crippen LogP contribution in [0.25, 0.3) is 0 Å². The van der Waals surface area contributed by atoms with Gasteiger partial charge < -0.3 is 14.9 Å². The minimum absolute atomic E-state index is 0.0262. The molecule has 110 valence electrons. The van der Waals surface area contributed by atoms with Crippen LogP contribution in [0.4, 0.5) is 0 Å². The molecule has 21 heavy (non-hydrogen) atoms. The lowest BCUT2D eigenvalue weighted by molar-refractivity contribution is 0.0790. The Balaban J connectivity index is 1.74. The second-order valence-electron chi connectivity index (χ2n) is 5.25. The zero-order chi connectivity index (χ0) is 15.0. The second kappa shape index (κ2) is 5.37. The summed E-state index contributed by atoms with van der Waals surface area (Å²) < 4.78 is 0. The predicted molar refractivity (Wildman–Crippen MR) is 78.7 cm³/mol. The van der Waals surface area contributed by atoms with Gasteiger partial charge in [0.05, 0.1) is 5.56 Å². The normalized spacial score (nSPS) is 18.2. The fraction of sp³-hybridized carbons (Fsp3) is 0.357. The molecule has 1 aliphatic heterocycles. The third-order valence-corrected chi connectivity index (χ3v) is 3.97. The number of rotatable bonds is 2. The molecule has 1 amide bonds. The number of amides is 1. The van der Waals surface area contributed by atoms with Gasteiger partial charge >= 0.3 is 0 Å². The van der Waals surface area contributed by atoms with Crippen LogP contribution in [0.3, 0.4) is 0 Å². The van der Waals surface area contributed by atoms with Crippen molar-refractivity contribution >= 4 is 17.5 Å². The molecular weight excluding hydrogens is 292 g/mol. The predicted octanol–water partition coefficient (Wildman–Crippen LogP) is 1.69. The van der Waals surface area contributed by atoms with Gasteiger partial charge in [0.1, 0.15) is 10.8 Å². The summed E-state index contributed by atoms with van der Waals surface area (Å²) >= 11 is 5.76. The summed E-state index contributed by atoms with van der Waals surface area (Å²) in [6.45, 7) is 3.24. The Labute approximate surface area is 126 Å². The van der Waals surface area contributed by atoms with E-state index in [9.17, 15) is 9.59 Å². The molecule has 1 fully saturated rings. The number of aromatic amines is 2. The number of hydrogen-bond acceptors (Lipinski definition) is 3. The minimum Gasteiger partial charge on any atom is -0.346 e. The largest absolute Gasteiger partial charge is 0.346 e. The number of aromatic nitrogens is 3. The Morgan fingerprint density at radius 2 is 2.33 bits per heavy atom. The molecule has 1 aliphatic rings. The van der Waals surface area contributed by atoms with Crippen LogP contribution in [0, 0.1) is 6.92 Å². The van der Waals surface area contributed by atoms with Crippen LogP contribution in [0.15, 0.2) is 23.3 Å². The summed E-state index contributed by atoms with van der Waals surface area (Å²) in [6, 6.07) is 1.41. The SMILES string of the molecule is Cc1cnc([C@@H]2CCN(C(=O)c3c[nH]c(=O)c(Cl)c3)C2)[nH]1. The van der Waals surface area contributed by atoms with Gasteiger partial charge in [0.15, 0.2) is 0 Å². The van der Waals surface area contributed by atoms with Crippen LogP contribution >= 0.6 is 11.6 Å². The molecule has 2 aromatic rings. The van der Waals surface area contributed by atoms with E-state index in [1.54, 1.807) is 11.1 Å². The number of likely N-dealkylation sites (tertiary alicyclic amines) is 1. The first-order chi connectivity index (χ1) is 10.0. The molecule has 0 spiro atoms. The molecule has 1 atom stereocenters. The maximum Gasteiger partial charge on any atom is 0.266 e. The van der Waals surface area contributed by atoms with E-state index in [1.165, 1.54) is 12.3 Å². The lowest BCUT2D eigenvalue weighted by atomic mass is 10.1. The summed E-state index contributed by atoms with van der Waals surface area (Å²) in [5.74, 6) is 1.02.